The summed E-state index contributed by atoms with van der Waals surface area (Å²) in [5, 5.41) is 13.9. The zero-order chi connectivity index (χ0) is 27.0. The summed E-state index contributed by atoms with van der Waals surface area (Å²) in [4.78, 5) is 31.8. The topological polar surface area (TPSA) is 132 Å². The molecular weight excluding hydrogens is 478 g/mol. The molecule has 0 bridgehead atoms. The van der Waals surface area contributed by atoms with Crippen LogP contribution in [0.3, 0.4) is 0 Å². The minimum Gasteiger partial charge on any atom is -0.382 e. The van der Waals surface area contributed by atoms with Crippen LogP contribution in [0.1, 0.15) is 46.7 Å². The van der Waals surface area contributed by atoms with Crippen molar-refractivity contribution >= 4 is 45.9 Å². The van der Waals surface area contributed by atoms with E-state index >= 15 is 0 Å². The smallest absolute Gasteiger partial charge is 0.256 e. The normalized spacial score (nSPS) is 13.9. The molecule has 196 valence electrons. The van der Waals surface area contributed by atoms with Gasteiger partial charge in [0.1, 0.15) is 0 Å². The molecule has 1 aliphatic heterocycles. The number of amides is 2. The number of aryl methyl sites for hydroxylation is 1. The number of hydrogen-bond donors (Lipinski definition) is 5. The average molecular weight is 512 g/mol. The molecule has 6 N–H and O–H groups in total. The van der Waals surface area contributed by atoms with Gasteiger partial charge < -0.3 is 26.3 Å². The monoisotopic (exact) mass is 511 g/mol. The van der Waals surface area contributed by atoms with E-state index in [-0.39, 0.29) is 11.8 Å². The minimum absolute atomic E-state index is 0.115. The van der Waals surface area contributed by atoms with Gasteiger partial charge in [0.25, 0.3) is 11.8 Å². The molecule has 1 aliphatic rings. The molecule has 38 heavy (non-hydrogen) atoms. The predicted octanol–water partition coefficient (Wildman–Crippen LogP) is 4.32. The van der Waals surface area contributed by atoms with Crippen molar-refractivity contribution in [3.8, 4) is 11.1 Å². The van der Waals surface area contributed by atoms with Gasteiger partial charge in [0, 0.05) is 41.1 Å². The SMILES string of the molecule is CCN(CC)CCNC(=O)c1c(C)[nH]c(/C=C2\C(=O)Nc3cccc(-c4ccc5[nH]nc(N)c5c4)c32)c1C. The second-order valence-electron chi connectivity index (χ2n) is 9.56. The number of nitrogens with one attached hydrogen (secondary N) is 4. The number of H-pyrrole nitrogens is 2. The lowest BCUT2D eigenvalue weighted by Gasteiger charge is -2.18. The zero-order valence-electron chi connectivity index (χ0n) is 22.2. The first kappa shape index (κ1) is 25.3. The number of benzene rings is 2. The highest BCUT2D eigenvalue weighted by Crippen LogP contribution is 2.41. The van der Waals surface area contributed by atoms with Crippen LogP contribution in [0.2, 0.25) is 0 Å². The van der Waals surface area contributed by atoms with E-state index in [2.05, 4.69) is 44.6 Å². The molecule has 3 heterocycles. The number of hydrogen-bond acceptors (Lipinski definition) is 5. The predicted molar refractivity (Wildman–Crippen MR) is 153 cm³/mol. The van der Waals surface area contributed by atoms with Crippen LogP contribution in [0.15, 0.2) is 36.4 Å². The summed E-state index contributed by atoms with van der Waals surface area (Å²) in [5.74, 6) is 0.129. The summed E-state index contributed by atoms with van der Waals surface area (Å²) in [6.45, 7) is 11.3. The summed E-state index contributed by atoms with van der Waals surface area (Å²) in [6.07, 6.45) is 1.84. The van der Waals surface area contributed by atoms with Gasteiger partial charge in [-0.3, -0.25) is 14.7 Å². The number of carbonyl (C=O) groups is 2. The fraction of sp³-hybridized carbons (Fsp3) is 0.276. The Morgan fingerprint density at radius 1 is 1.16 bits per heavy atom. The number of aromatic amines is 2. The lowest BCUT2D eigenvalue weighted by Crippen LogP contribution is -2.35. The molecule has 9 nitrogen and oxygen atoms in total. The summed E-state index contributed by atoms with van der Waals surface area (Å²) >= 11 is 0. The van der Waals surface area contributed by atoms with E-state index in [0.717, 1.165) is 69.9 Å². The van der Waals surface area contributed by atoms with Gasteiger partial charge in [0.15, 0.2) is 5.82 Å². The van der Waals surface area contributed by atoms with E-state index in [0.29, 0.717) is 23.5 Å². The molecule has 0 unspecified atom stereocenters. The van der Waals surface area contributed by atoms with Gasteiger partial charge in [0.05, 0.1) is 16.7 Å². The van der Waals surface area contributed by atoms with Crippen LogP contribution in [-0.4, -0.2) is 58.1 Å². The van der Waals surface area contributed by atoms with Crippen LogP contribution < -0.4 is 16.4 Å². The summed E-state index contributed by atoms with van der Waals surface area (Å²) in [7, 11) is 0. The van der Waals surface area contributed by atoms with Crippen molar-refractivity contribution in [2.45, 2.75) is 27.7 Å². The van der Waals surface area contributed by atoms with Gasteiger partial charge in [-0.15, -0.1) is 0 Å². The first-order valence-electron chi connectivity index (χ1n) is 12.9. The van der Waals surface area contributed by atoms with Crippen molar-refractivity contribution in [2.75, 3.05) is 37.2 Å². The first-order chi connectivity index (χ1) is 18.3. The number of aromatic nitrogens is 3. The Kier molecular flexibility index (Phi) is 6.77. The largest absolute Gasteiger partial charge is 0.382 e. The number of nitrogens with zero attached hydrogens (tertiary/aromatic N) is 2. The van der Waals surface area contributed by atoms with Gasteiger partial charge in [-0.05, 0) is 67.9 Å². The third-order valence-electron chi connectivity index (χ3n) is 7.33. The Hall–Kier alpha value is -4.37. The van der Waals surface area contributed by atoms with Crippen LogP contribution in [0, 0.1) is 13.8 Å². The van der Waals surface area contributed by atoms with Crippen molar-refractivity contribution in [3.63, 3.8) is 0 Å². The van der Waals surface area contributed by atoms with Crippen molar-refractivity contribution in [1.82, 2.24) is 25.4 Å². The van der Waals surface area contributed by atoms with Gasteiger partial charge in [-0.25, -0.2) is 0 Å². The van der Waals surface area contributed by atoms with E-state index in [9.17, 15) is 9.59 Å². The maximum Gasteiger partial charge on any atom is 0.256 e. The number of fused-ring (bicyclic) bond motifs is 2. The molecule has 0 radical (unpaired) electrons. The van der Waals surface area contributed by atoms with Crippen LogP contribution in [0.5, 0.6) is 0 Å². The van der Waals surface area contributed by atoms with Crippen LogP contribution >= 0.6 is 0 Å². The highest BCUT2D eigenvalue weighted by molar-refractivity contribution is 6.36. The molecule has 0 spiro atoms. The molecule has 2 aromatic heterocycles. The lowest BCUT2D eigenvalue weighted by atomic mass is 9.93. The minimum atomic E-state index is -0.187. The molecule has 4 aromatic rings. The third kappa shape index (κ3) is 4.45. The van der Waals surface area contributed by atoms with Crippen molar-refractivity contribution in [2.24, 2.45) is 0 Å². The molecule has 0 saturated heterocycles. The number of likely N-dealkylation sites (N-methyl/N-ethyl adjacent to an activating group) is 1. The number of rotatable bonds is 8. The molecule has 5 rings (SSSR count). The maximum atomic E-state index is 13.1. The Bertz CT molecular complexity index is 1570. The Labute approximate surface area is 221 Å². The number of anilines is 2. The summed E-state index contributed by atoms with van der Waals surface area (Å²) < 4.78 is 0. The van der Waals surface area contributed by atoms with Crippen LogP contribution in [0.25, 0.3) is 33.7 Å². The molecule has 2 aromatic carbocycles. The lowest BCUT2D eigenvalue weighted by molar-refractivity contribution is -0.110. The maximum absolute atomic E-state index is 13.1. The fourth-order valence-electron chi connectivity index (χ4n) is 5.19. The molecule has 0 saturated carbocycles. The van der Waals surface area contributed by atoms with E-state index in [1.54, 1.807) is 0 Å². The van der Waals surface area contributed by atoms with E-state index in [1.807, 2.05) is 56.3 Å². The number of nitrogen functional groups attached to an aromatic ring is 1. The van der Waals surface area contributed by atoms with Gasteiger partial charge in [-0.1, -0.05) is 32.0 Å². The van der Waals surface area contributed by atoms with Crippen molar-refractivity contribution in [1.29, 1.82) is 0 Å². The second kappa shape index (κ2) is 10.2. The van der Waals surface area contributed by atoms with Crippen molar-refractivity contribution in [3.05, 3.63) is 64.5 Å². The van der Waals surface area contributed by atoms with Crippen molar-refractivity contribution < 1.29 is 9.59 Å². The summed E-state index contributed by atoms with van der Waals surface area (Å²) in [5.41, 5.74) is 13.8. The molecular formula is C29H33N7O2. The highest BCUT2D eigenvalue weighted by atomic mass is 16.2. The van der Waals surface area contributed by atoms with Crippen LogP contribution in [0.4, 0.5) is 11.5 Å². The number of nitrogens with two attached hydrogens (primary N) is 1. The van der Waals surface area contributed by atoms with Gasteiger partial charge >= 0.3 is 0 Å². The fourth-order valence-corrected chi connectivity index (χ4v) is 5.19. The van der Waals surface area contributed by atoms with E-state index < -0.39 is 0 Å². The average Bonchev–Trinajstić information content (AvgIpc) is 3.53. The molecule has 9 heteroatoms. The Balaban J connectivity index is 1.50. The number of carbonyl (C=O) groups excluding carboxylic acids is 2. The quantitative estimate of drug-likeness (QED) is 0.225. The Morgan fingerprint density at radius 3 is 2.71 bits per heavy atom. The van der Waals surface area contributed by atoms with Crippen LogP contribution in [-0.2, 0) is 4.79 Å². The van der Waals surface area contributed by atoms with Gasteiger partial charge in [-0.2, -0.15) is 5.10 Å². The highest BCUT2D eigenvalue weighted by Gasteiger charge is 2.28. The molecule has 0 aliphatic carbocycles. The standard InChI is InChI=1S/C29H33N7O2/c1-5-36(6-2)13-12-31-29(38)25-16(3)24(32-17(25)4)15-21-26-19(8-7-9-23(26)33-28(21)37)18-10-11-22-20(14-18)27(30)35-34-22/h7-11,14-15,32H,5-6,12-13H2,1-4H3,(H,31,38)(H,33,37)(H3,30,34,35)/b21-15-. The van der Waals surface area contributed by atoms with E-state index in [1.165, 1.54) is 0 Å². The van der Waals surface area contributed by atoms with Gasteiger partial charge in [0.2, 0.25) is 0 Å². The molecule has 2 amide bonds. The Morgan fingerprint density at radius 2 is 1.95 bits per heavy atom. The molecule has 0 fully saturated rings. The third-order valence-corrected chi connectivity index (χ3v) is 7.33. The summed E-state index contributed by atoms with van der Waals surface area (Å²) in [6, 6.07) is 11.7. The molecule has 0 atom stereocenters. The zero-order valence-corrected chi connectivity index (χ0v) is 22.2. The first-order valence-corrected chi connectivity index (χ1v) is 12.9. The van der Waals surface area contributed by atoms with E-state index in [4.69, 9.17) is 5.73 Å². The second-order valence-corrected chi connectivity index (χ2v) is 9.56.